The predicted octanol–water partition coefficient (Wildman–Crippen LogP) is 3.09. The van der Waals surface area contributed by atoms with Crippen LogP contribution in [-0.2, 0) is 16.0 Å². The van der Waals surface area contributed by atoms with Crippen molar-refractivity contribution in [3.8, 4) is 0 Å². The first-order valence-electron chi connectivity index (χ1n) is 7.61. The summed E-state index contributed by atoms with van der Waals surface area (Å²) in [5, 5.41) is 0. The maximum absolute atomic E-state index is 12.3. The summed E-state index contributed by atoms with van der Waals surface area (Å²) in [7, 11) is 0. The summed E-state index contributed by atoms with van der Waals surface area (Å²) in [6.07, 6.45) is 2.58. The monoisotopic (exact) mass is 309 g/mol. The van der Waals surface area contributed by atoms with Gasteiger partial charge in [-0.25, -0.2) is 0 Å². The first-order chi connectivity index (χ1) is 10.1. The van der Waals surface area contributed by atoms with Crippen LogP contribution in [0, 0.1) is 13.8 Å². The molecule has 4 heteroatoms. The normalized spacial score (nSPS) is 16.2. The Labute approximate surface area is 132 Å². The first kappa shape index (κ1) is 16.3. The quantitative estimate of drug-likeness (QED) is 0.782. The number of amides is 1. The fourth-order valence-corrected chi connectivity index (χ4v) is 2.77. The maximum Gasteiger partial charge on any atom is 0.226 e. The number of hydrogen-bond acceptors (Lipinski definition) is 2. The average molecular weight is 310 g/mol. The second-order valence-electron chi connectivity index (χ2n) is 5.74. The van der Waals surface area contributed by atoms with Gasteiger partial charge in [-0.1, -0.05) is 18.2 Å². The lowest BCUT2D eigenvalue weighted by molar-refractivity contribution is -0.133. The summed E-state index contributed by atoms with van der Waals surface area (Å²) < 4.78 is 5.64. The zero-order valence-corrected chi connectivity index (χ0v) is 13.7. The molecule has 0 saturated carbocycles. The largest absolute Gasteiger partial charge is 0.377 e. The van der Waals surface area contributed by atoms with Crippen LogP contribution in [0.1, 0.15) is 29.5 Å². The van der Waals surface area contributed by atoms with Crippen LogP contribution in [0.2, 0.25) is 0 Å². The van der Waals surface area contributed by atoms with Crippen molar-refractivity contribution >= 4 is 17.5 Å². The van der Waals surface area contributed by atoms with Crippen molar-refractivity contribution in [2.45, 2.75) is 39.2 Å². The molecule has 116 valence electrons. The molecule has 1 saturated heterocycles. The van der Waals surface area contributed by atoms with Crippen LogP contribution in [0.25, 0.3) is 0 Å². The number of benzene rings is 1. The number of alkyl halides is 1. The van der Waals surface area contributed by atoms with E-state index in [1.54, 1.807) is 0 Å². The second-order valence-corrected chi connectivity index (χ2v) is 6.11. The molecule has 2 rings (SSSR count). The highest BCUT2D eigenvalue weighted by atomic mass is 35.5. The Kier molecular flexibility index (Phi) is 6.07. The summed E-state index contributed by atoms with van der Waals surface area (Å²) >= 11 is 5.62. The summed E-state index contributed by atoms with van der Waals surface area (Å²) in [6.45, 7) is 6.35. The molecule has 0 atom stereocenters. The Morgan fingerprint density at radius 2 is 2.00 bits per heavy atom. The van der Waals surface area contributed by atoms with Crippen LogP contribution in [-0.4, -0.2) is 42.5 Å². The smallest absolute Gasteiger partial charge is 0.226 e. The fourth-order valence-electron chi connectivity index (χ4n) is 2.68. The lowest BCUT2D eigenvalue weighted by Crippen LogP contribution is -2.41. The van der Waals surface area contributed by atoms with Gasteiger partial charge in [-0.15, -0.1) is 11.6 Å². The van der Waals surface area contributed by atoms with E-state index in [9.17, 15) is 4.79 Å². The van der Waals surface area contributed by atoms with Gasteiger partial charge in [-0.05, 0) is 43.4 Å². The molecule has 0 spiro atoms. The lowest BCUT2D eigenvalue weighted by atomic mass is 10.0. The van der Waals surface area contributed by atoms with E-state index < -0.39 is 0 Å². The highest BCUT2D eigenvalue weighted by Crippen LogP contribution is 2.16. The van der Waals surface area contributed by atoms with Gasteiger partial charge < -0.3 is 9.64 Å². The molecule has 3 nitrogen and oxygen atoms in total. The Bertz CT molecular complexity index is 482. The molecule has 0 unspecified atom stereocenters. The first-order valence-corrected chi connectivity index (χ1v) is 8.15. The van der Waals surface area contributed by atoms with E-state index in [1.807, 2.05) is 4.90 Å². The Morgan fingerprint density at radius 3 is 2.62 bits per heavy atom. The molecule has 1 aliphatic rings. The number of nitrogens with zero attached hydrogens (tertiary/aromatic N) is 1. The van der Waals surface area contributed by atoms with Crippen LogP contribution in [0.15, 0.2) is 18.2 Å². The fraction of sp³-hybridized carbons (Fsp3) is 0.588. The Balaban J connectivity index is 1.83. The topological polar surface area (TPSA) is 29.5 Å². The number of piperidine rings is 1. The zero-order valence-electron chi connectivity index (χ0n) is 12.9. The van der Waals surface area contributed by atoms with Crippen molar-refractivity contribution in [1.82, 2.24) is 4.90 Å². The number of rotatable bonds is 5. The van der Waals surface area contributed by atoms with Crippen molar-refractivity contribution < 1.29 is 9.53 Å². The minimum atomic E-state index is 0.217. The second kappa shape index (κ2) is 7.81. The van der Waals surface area contributed by atoms with E-state index in [2.05, 4.69) is 32.0 Å². The van der Waals surface area contributed by atoms with Crippen LogP contribution < -0.4 is 0 Å². The van der Waals surface area contributed by atoms with E-state index in [-0.39, 0.29) is 12.0 Å². The van der Waals surface area contributed by atoms with Crippen molar-refractivity contribution in [1.29, 1.82) is 0 Å². The van der Waals surface area contributed by atoms with Crippen molar-refractivity contribution in [3.63, 3.8) is 0 Å². The number of carbonyl (C=O) groups is 1. The SMILES string of the molecule is Cc1ccc(CC(=O)N2CCC(OCCCl)CC2)cc1C. The third kappa shape index (κ3) is 4.72. The molecule has 1 amide bonds. The van der Waals surface area contributed by atoms with Crippen LogP contribution >= 0.6 is 11.6 Å². The number of ether oxygens (including phenoxy) is 1. The molecule has 21 heavy (non-hydrogen) atoms. The van der Waals surface area contributed by atoms with Gasteiger partial charge in [0, 0.05) is 19.0 Å². The maximum atomic E-state index is 12.3. The molecule has 1 fully saturated rings. The van der Waals surface area contributed by atoms with Crippen LogP contribution in [0.5, 0.6) is 0 Å². The van der Waals surface area contributed by atoms with E-state index in [4.69, 9.17) is 16.3 Å². The standard InChI is InChI=1S/C17H24ClNO2/c1-13-3-4-15(11-14(13)2)12-17(20)19-8-5-16(6-9-19)21-10-7-18/h3-4,11,16H,5-10,12H2,1-2H3. The van der Waals surface area contributed by atoms with E-state index in [1.165, 1.54) is 11.1 Å². The predicted molar refractivity (Wildman–Crippen MR) is 85.9 cm³/mol. The number of carbonyl (C=O) groups excluding carboxylic acids is 1. The van der Waals surface area contributed by atoms with Gasteiger partial charge >= 0.3 is 0 Å². The van der Waals surface area contributed by atoms with Crippen molar-refractivity contribution in [2.24, 2.45) is 0 Å². The summed E-state index contributed by atoms with van der Waals surface area (Å²) in [5.74, 6) is 0.750. The van der Waals surface area contributed by atoms with Crippen molar-refractivity contribution in [3.05, 3.63) is 34.9 Å². The van der Waals surface area contributed by atoms with Gasteiger partial charge in [0.1, 0.15) is 0 Å². The molecule has 1 aliphatic heterocycles. The third-order valence-corrected chi connectivity index (χ3v) is 4.31. The van der Waals surface area contributed by atoms with Gasteiger partial charge in [0.2, 0.25) is 5.91 Å². The van der Waals surface area contributed by atoms with Crippen LogP contribution in [0.4, 0.5) is 0 Å². The highest BCUT2D eigenvalue weighted by molar-refractivity contribution is 6.17. The lowest BCUT2D eigenvalue weighted by Gasteiger charge is -2.32. The van der Waals surface area contributed by atoms with Gasteiger partial charge in [0.05, 0.1) is 19.1 Å². The van der Waals surface area contributed by atoms with Crippen LogP contribution in [0.3, 0.4) is 0 Å². The molecule has 0 aromatic heterocycles. The molecule has 0 radical (unpaired) electrons. The molecular formula is C17H24ClNO2. The molecule has 0 N–H and O–H groups in total. The minimum Gasteiger partial charge on any atom is -0.377 e. The average Bonchev–Trinajstić information content (AvgIpc) is 2.49. The number of hydrogen-bond donors (Lipinski definition) is 0. The third-order valence-electron chi connectivity index (χ3n) is 4.15. The zero-order chi connectivity index (χ0) is 15.2. The summed E-state index contributed by atoms with van der Waals surface area (Å²) in [4.78, 5) is 14.3. The van der Waals surface area contributed by atoms with Gasteiger partial charge in [-0.3, -0.25) is 4.79 Å². The molecule has 0 bridgehead atoms. The van der Waals surface area contributed by atoms with E-state index in [0.717, 1.165) is 31.5 Å². The Hall–Kier alpha value is -1.06. The van der Waals surface area contributed by atoms with E-state index >= 15 is 0 Å². The molecule has 1 aromatic carbocycles. The van der Waals surface area contributed by atoms with Gasteiger partial charge in [0.15, 0.2) is 0 Å². The number of aryl methyl sites for hydroxylation is 2. The number of halogens is 1. The molecule has 1 heterocycles. The van der Waals surface area contributed by atoms with E-state index in [0.29, 0.717) is 18.9 Å². The Morgan fingerprint density at radius 1 is 1.29 bits per heavy atom. The molecule has 0 aliphatic carbocycles. The molecular weight excluding hydrogens is 286 g/mol. The van der Waals surface area contributed by atoms with Gasteiger partial charge in [0.25, 0.3) is 0 Å². The summed E-state index contributed by atoms with van der Waals surface area (Å²) in [6, 6.07) is 6.25. The number of likely N-dealkylation sites (tertiary alicyclic amines) is 1. The minimum absolute atomic E-state index is 0.217. The van der Waals surface area contributed by atoms with Crippen molar-refractivity contribution in [2.75, 3.05) is 25.6 Å². The molecule has 1 aromatic rings. The van der Waals surface area contributed by atoms with Gasteiger partial charge in [-0.2, -0.15) is 0 Å². The summed E-state index contributed by atoms with van der Waals surface area (Å²) in [5.41, 5.74) is 3.61. The highest BCUT2D eigenvalue weighted by Gasteiger charge is 2.23.